The minimum atomic E-state index is -2.05. The normalized spacial score (nSPS) is 28.1. The molecule has 9 atom stereocenters. The summed E-state index contributed by atoms with van der Waals surface area (Å²) in [5.41, 5.74) is 1.66. The summed E-state index contributed by atoms with van der Waals surface area (Å²) in [6.45, 7) is 12.2. The summed E-state index contributed by atoms with van der Waals surface area (Å²) in [6.07, 6.45) is 3.60. The molecule has 0 radical (unpaired) electrons. The number of aliphatic hydroxyl groups excluding tert-OH is 1. The molecule has 16 heteroatoms. The Morgan fingerprint density at radius 1 is 0.985 bits per heavy atom. The number of carbonyl (C=O) groups is 3. The number of benzene rings is 4. The first-order chi connectivity index (χ1) is 32.3. The molecule has 16 nitrogen and oxygen atoms in total. The fourth-order valence-corrected chi connectivity index (χ4v) is 9.41. The van der Waals surface area contributed by atoms with Gasteiger partial charge in [0, 0.05) is 67.8 Å². The number of nitrogens with one attached hydrogen (secondary N) is 1. The van der Waals surface area contributed by atoms with Crippen molar-refractivity contribution in [2.45, 2.75) is 97.9 Å². The van der Waals surface area contributed by atoms with E-state index in [0.717, 1.165) is 17.7 Å². The summed E-state index contributed by atoms with van der Waals surface area (Å²) in [4.78, 5) is 62.8. The van der Waals surface area contributed by atoms with E-state index in [4.69, 9.17) is 37.8 Å². The van der Waals surface area contributed by atoms with Crippen LogP contribution >= 0.6 is 0 Å². The van der Waals surface area contributed by atoms with Gasteiger partial charge < -0.3 is 53.3 Å². The maximum atomic E-state index is 14.8. The van der Waals surface area contributed by atoms with Crippen LogP contribution in [-0.2, 0) is 41.7 Å². The van der Waals surface area contributed by atoms with E-state index in [9.17, 15) is 29.4 Å². The lowest BCUT2D eigenvalue weighted by atomic mass is 9.86. The molecule has 68 heavy (non-hydrogen) atoms. The number of aliphatic hydroxyl groups is 1. The molecule has 3 N–H and O–H groups in total. The van der Waals surface area contributed by atoms with Crippen LogP contribution in [0, 0.1) is 24.7 Å². The number of aromatic hydroxyl groups is 1. The van der Waals surface area contributed by atoms with Crippen LogP contribution < -0.4 is 20.2 Å². The van der Waals surface area contributed by atoms with E-state index in [1.54, 1.807) is 44.2 Å². The van der Waals surface area contributed by atoms with Gasteiger partial charge in [-0.25, -0.2) is 4.98 Å². The van der Waals surface area contributed by atoms with Crippen LogP contribution in [0.15, 0.2) is 87.8 Å². The average molecular weight is 932 g/mol. The van der Waals surface area contributed by atoms with E-state index in [1.807, 2.05) is 58.3 Å². The number of aromatic nitrogens is 1. The molecule has 4 aliphatic heterocycles. The molecule has 5 heterocycles. The van der Waals surface area contributed by atoms with Crippen molar-refractivity contribution in [3.05, 3.63) is 111 Å². The van der Waals surface area contributed by atoms with Crippen LogP contribution in [0.1, 0.15) is 68.6 Å². The second-order valence-electron chi connectivity index (χ2n) is 18.4. The summed E-state index contributed by atoms with van der Waals surface area (Å²) in [6, 6.07) is 13.0. The molecular formula is C52H57N3O13. The highest BCUT2D eigenvalue weighted by atomic mass is 16.7. The van der Waals surface area contributed by atoms with Gasteiger partial charge in [0.25, 0.3) is 11.7 Å². The number of hydrogen-bond donors (Lipinski definition) is 3. The van der Waals surface area contributed by atoms with Gasteiger partial charge in [0.15, 0.2) is 22.3 Å². The van der Waals surface area contributed by atoms with Crippen molar-refractivity contribution in [1.29, 1.82) is 0 Å². The number of rotatable bonds is 7. The standard InChI is InChI=1S/C52H57N3O13/c1-25-14-13-15-26(2)51(61)54-41-44(59)38-37(40-48(41)66-36-22-33(18-19-34(36)53-40)63-24-32-17-12-11-16-31(32)23-55(8)9)39-46(28(4)42(38)57)68-52(7,50(39)60)64-21-20-35(62-10)27(3)47(65-30(6)56)49-43(58)29(5)45(25)67-49/h11-22,25,27,29,35,43,45,47,49,58-59H,23-24H2,1-10H3,(H,54,61)/b14-13+,21-20+,26-15-/t25-,27+,29-,35-,43+,45-,47+,49+,52-/m0/s1. The fourth-order valence-electron chi connectivity index (χ4n) is 9.41. The number of anilines is 1. The Labute approximate surface area is 393 Å². The quantitative estimate of drug-likeness (QED) is 0.0629. The zero-order valence-electron chi connectivity index (χ0n) is 39.7. The van der Waals surface area contributed by atoms with E-state index in [0.29, 0.717) is 11.3 Å². The number of amides is 1. The third-order valence-corrected chi connectivity index (χ3v) is 13.2. The van der Waals surface area contributed by atoms with Crippen molar-refractivity contribution in [3.8, 4) is 17.2 Å². The maximum Gasteiger partial charge on any atom is 0.312 e. The van der Waals surface area contributed by atoms with Crippen LogP contribution in [0.3, 0.4) is 0 Å². The van der Waals surface area contributed by atoms with Crippen molar-refractivity contribution in [2.24, 2.45) is 17.8 Å². The van der Waals surface area contributed by atoms with E-state index in [2.05, 4.69) is 10.2 Å². The summed E-state index contributed by atoms with van der Waals surface area (Å²) < 4.78 is 43.3. The molecule has 4 aliphatic rings. The Morgan fingerprint density at radius 2 is 1.72 bits per heavy atom. The first-order valence-corrected chi connectivity index (χ1v) is 22.6. The maximum absolute atomic E-state index is 14.8. The number of methoxy groups -OCH3 is 1. The first kappa shape index (κ1) is 47.9. The van der Waals surface area contributed by atoms with Crippen molar-refractivity contribution in [3.63, 3.8) is 0 Å². The lowest BCUT2D eigenvalue weighted by Crippen LogP contribution is -2.46. The Bertz CT molecular complexity index is 2990. The molecule has 9 rings (SSSR count). The predicted molar refractivity (Wildman–Crippen MR) is 253 cm³/mol. The number of phenolic OH excluding ortho intramolecular Hbond substituents is 1. The average Bonchev–Trinajstić information content (AvgIpc) is 3.74. The number of ketones is 1. The summed E-state index contributed by atoms with van der Waals surface area (Å²) in [5.74, 6) is -5.57. The number of nitrogens with zero attached hydrogens (tertiary/aromatic N) is 2. The van der Waals surface area contributed by atoms with E-state index >= 15 is 0 Å². The molecule has 1 amide bonds. The molecule has 0 aliphatic carbocycles. The number of phenols is 1. The van der Waals surface area contributed by atoms with Crippen molar-refractivity contribution in [2.75, 3.05) is 26.5 Å². The monoisotopic (exact) mass is 931 g/mol. The molecule has 0 saturated carbocycles. The second kappa shape index (κ2) is 18.8. The van der Waals surface area contributed by atoms with Crippen LogP contribution in [0.25, 0.3) is 33.0 Å². The molecule has 1 fully saturated rings. The molecule has 0 spiro atoms. The highest BCUT2D eigenvalue weighted by molar-refractivity contribution is 6.26. The Kier molecular flexibility index (Phi) is 13.3. The minimum Gasteiger partial charge on any atom is -0.505 e. The first-order valence-electron chi connectivity index (χ1n) is 22.6. The van der Waals surface area contributed by atoms with Gasteiger partial charge in [-0.05, 0) is 57.3 Å². The molecule has 1 aromatic heterocycles. The second-order valence-corrected chi connectivity index (χ2v) is 18.4. The molecule has 1 saturated heterocycles. The predicted octanol–water partition coefficient (Wildman–Crippen LogP) is 7.41. The topological polar surface area (TPSA) is 205 Å². The number of Topliss-reactive ketones (excluding diaryl/α,β-unsaturated/α-hetero) is 1. The number of esters is 1. The van der Waals surface area contributed by atoms with Crippen molar-refractivity contribution < 1.29 is 57.4 Å². The zero-order chi connectivity index (χ0) is 48.9. The van der Waals surface area contributed by atoms with Crippen LogP contribution in [0.4, 0.5) is 5.69 Å². The van der Waals surface area contributed by atoms with E-state index in [1.165, 1.54) is 40.2 Å². The SMILES string of the molecule is CO[C@H]1/C=C/O[C@@]2(C)Oc3c(C)c(=O)c4c(O)c(c5oc6cc(OCc7ccccc7CN(C)C)ccc6nc5c4c3C2=O)NC(=O)/C(C)=C\C=C\[C@H](C)[C@@H]2O[C@H]([C@H](O)[C@@H]2C)[C@H](OC(C)=O)[C@@H]1C. The largest absolute Gasteiger partial charge is 0.505 e. The number of hydrogen-bond acceptors (Lipinski definition) is 15. The van der Waals surface area contributed by atoms with Gasteiger partial charge in [-0.1, -0.05) is 63.3 Å². The number of allylic oxidation sites excluding steroid dienone is 2. The number of ether oxygens (including phenoxy) is 6. The Morgan fingerprint density at radius 3 is 2.43 bits per heavy atom. The lowest BCUT2D eigenvalue weighted by Gasteiger charge is -2.33. The summed E-state index contributed by atoms with van der Waals surface area (Å²) >= 11 is 0. The highest BCUT2D eigenvalue weighted by Crippen LogP contribution is 2.48. The third-order valence-electron chi connectivity index (χ3n) is 13.2. The van der Waals surface area contributed by atoms with E-state index < -0.39 is 77.0 Å². The molecule has 7 bridgehead atoms. The fraction of sp³-hybridized carbons (Fsp3) is 0.404. The summed E-state index contributed by atoms with van der Waals surface area (Å²) in [7, 11) is 5.44. The van der Waals surface area contributed by atoms with Gasteiger partial charge in [-0.2, -0.15) is 0 Å². The van der Waals surface area contributed by atoms with Crippen LogP contribution in [0.2, 0.25) is 0 Å². The van der Waals surface area contributed by atoms with Gasteiger partial charge in [0.2, 0.25) is 0 Å². The van der Waals surface area contributed by atoms with Gasteiger partial charge in [-0.3, -0.25) is 19.2 Å². The molecular weight excluding hydrogens is 875 g/mol. The molecule has 0 unspecified atom stereocenters. The minimum absolute atomic E-state index is 0.00388. The number of fused-ring (bicyclic) bond motifs is 9. The van der Waals surface area contributed by atoms with Gasteiger partial charge in [-0.15, -0.1) is 0 Å². The highest BCUT2D eigenvalue weighted by Gasteiger charge is 2.51. The Hall–Kier alpha value is -6.59. The van der Waals surface area contributed by atoms with Crippen LogP contribution in [-0.4, -0.2) is 95.3 Å². The van der Waals surface area contributed by atoms with Crippen LogP contribution in [0.5, 0.6) is 17.2 Å². The molecule has 5 aromatic rings. The molecule has 4 aromatic carbocycles. The van der Waals surface area contributed by atoms with Gasteiger partial charge >= 0.3 is 11.8 Å². The third kappa shape index (κ3) is 8.73. The smallest absolute Gasteiger partial charge is 0.312 e. The van der Waals surface area contributed by atoms with Gasteiger partial charge in [0.1, 0.15) is 47.0 Å². The summed E-state index contributed by atoms with van der Waals surface area (Å²) in [5, 5.41) is 26.1. The zero-order valence-corrected chi connectivity index (χ0v) is 39.7. The molecule has 358 valence electrons. The van der Waals surface area contributed by atoms with Crippen molar-refractivity contribution in [1.82, 2.24) is 9.88 Å². The van der Waals surface area contributed by atoms with E-state index in [-0.39, 0.29) is 68.1 Å². The van der Waals surface area contributed by atoms with Crippen molar-refractivity contribution >= 4 is 56.3 Å². The van der Waals surface area contributed by atoms with Gasteiger partial charge in [0.05, 0.1) is 35.5 Å². The Balaban J connectivity index is 1.29. The number of carbonyl (C=O) groups excluding carboxylic acids is 3. The lowest BCUT2D eigenvalue weighted by molar-refractivity contribution is -0.168.